The van der Waals surface area contributed by atoms with Crippen LogP contribution in [0.25, 0.3) is 0 Å². The molecule has 1 aromatic rings. The van der Waals surface area contributed by atoms with E-state index in [-0.39, 0.29) is 5.82 Å². The molecule has 0 saturated carbocycles. The summed E-state index contributed by atoms with van der Waals surface area (Å²) in [6.07, 6.45) is 2.33. The van der Waals surface area contributed by atoms with E-state index in [0.717, 1.165) is 13.0 Å². The Morgan fingerprint density at radius 1 is 1.41 bits per heavy atom. The third kappa shape index (κ3) is 6.03. The molecule has 0 spiro atoms. The van der Waals surface area contributed by atoms with Crippen LogP contribution in [0.3, 0.4) is 0 Å². The number of halogens is 2. The number of nitrogens with one attached hydrogen (secondary N) is 1. The third-order valence-corrected chi connectivity index (χ3v) is 2.88. The Morgan fingerprint density at radius 3 is 2.82 bits per heavy atom. The van der Waals surface area contributed by atoms with Gasteiger partial charge in [-0.05, 0) is 25.5 Å². The Bertz CT molecular complexity index is 326. The molecule has 0 bridgehead atoms. The highest BCUT2D eigenvalue weighted by molar-refractivity contribution is 9.10. The van der Waals surface area contributed by atoms with Gasteiger partial charge >= 0.3 is 0 Å². The van der Waals surface area contributed by atoms with Gasteiger partial charge in [-0.2, -0.15) is 0 Å². The van der Waals surface area contributed by atoms with E-state index in [1.165, 1.54) is 18.6 Å². The molecule has 1 atom stereocenters. The topological polar surface area (TPSA) is 21.3 Å². The van der Waals surface area contributed by atoms with Crippen LogP contribution in [0.1, 0.15) is 26.7 Å². The molecule has 0 aliphatic carbocycles. The summed E-state index contributed by atoms with van der Waals surface area (Å²) in [7, 11) is 0. The highest BCUT2D eigenvalue weighted by Crippen LogP contribution is 2.20. The van der Waals surface area contributed by atoms with Crippen molar-refractivity contribution in [3.63, 3.8) is 0 Å². The van der Waals surface area contributed by atoms with Gasteiger partial charge in [0, 0.05) is 23.1 Å². The first kappa shape index (κ1) is 14.5. The van der Waals surface area contributed by atoms with Crippen LogP contribution in [-0.2, 0) is 0 Å². The molecule has 0 aliphatic heterocycles. The van der Waals surface area contributed by atoms with Crippen LogP contribution in [0.4, 0.5) is 4.39 Å². The third-order valence-electron chi connectivity index (χ3n) is 2.42. The molecule has 0 saturated heterocycles. The summed E-state index contributed by atoms with van der Waals surface area (Å²) in [5, 5.41) is 3.35. The zero-order valence-corrected chi connectivity index (χ0v) is 11.9. The van der Waals surface area contributed by atoms with Crippen LogP contribution < -0.4 is 10.1 Å². The van der Waals surface area contributed by atoms with Gasteiger partial charge in [0.25, 0.3) is 0 Å². The van der Waals surface area contributed by atoms with Crippen LogP contribution in [0.15, 0.2) is 22.7 Å². The van der Waals surface area contributed by atoms with E-state index in [1.54, 1.807) is 6.07 Å². The minimum absolute atomic E-state index is 0.290. The second kappa shape index (κ2) is 7.67. The van der Waals surface area contributed by atoms with Gasteiger partial charge in [-0.1, -0.05) is 29.3 Å². The molecule has 0 radical (unpaired) electrons. The van der Waals surface area contributed by atoms with Crippen molar-refractivity contribution in [3.05, 3.63) is 28.5 Å². The Labute approximate surface area is 111 Å². The second-order valence-electron chi connectivity index (χ2n) is 4.10. The monoisotopic (exact) mass is 303 g/mol. The largest absolute Gasteiger partial charge is 0.492 e. The molecule has 0 aliphatic rings. The molecule has 2 nitrogen and oxygen atoms in total. The molecule has 0 amide bonds. The Balaban J connectivity index is 2.26. The fraction of sp³-hybridized carbons (Fsp3) is 0.538. The maximum absolute atomic E-state index is 13.0. The molecule has 17 heavy (non-hydrogen) atoms. The lowest BCUT2D eigenvalue weighted by molar-refractivity contribution is 0.303. The molecular weight excluding hydrogens is 285 g/mol. The van der Waals surface area contributed by atoms with Gasteiger partial charge in [0.2, 0.25) is 0 Å². The quantitative estimate of drug-likeness (QED) is 0.775. The summed E-state index contributed by atoms with van der Waals surface area (Å²) in [6, 6.07) is 5.07. The van der Waals surface area contributed by atoms with E-state index in [0.29, 0.717) is 22.9 Å². The van der Waals surface area contributed by atoms with Crippen molar-refractivity contribution in [3.8, 4) is 5.75 Å². The molecule has 0 fully saturated rings. The van der Waals surface area contributed by atoms with Gasteiger partial charge in [0.05, 0.1) is 0 Å². The van der Waals surface area contributed by atoms with E-state index < -0.39 is 0 Å². The van der Waals surface area contributed by atoms with Crippen molar-refractivity contribution in [2.75, 3.05) is 13.2 Å². The summed E-state index contributed by atoms with van der Waals surface area (Å²) in [4.78, 5) is 0. The van der Waals surface area contributed by atoms with Gasteiger partial charge < -0.3 is 10.1 Å². The lowest BCUT2D eigenvalue weighted by Gasteiger charge is -2.13. The minimum Gasteiger partial charge on any atom is -0.492 e. The summed E-state index contributed by atoms with van der Waals surface area (Å²) < 4.78 is 19.2. The zero-order valence-electron chi connectivity index (χ0n) is 10.3. The fourth-order valence-corrected chi connectivity index (χ4v) is 2.07. The second-order valence-corrected chi connectivity index (χ2v) is 5.01. The smallest absolute Gasteiger partial charge is 0.128 e. The van der Waals surface area contributed by atoms with Crippen molar-refractivity contribution < 1.29 is 9.13 Å². The van der Waals surface area contributed by atoms with Crippen LogP contribution in [-0.4, -0.2) is 19.2 Å². The number of ether oxygens (including phenoxy) is 1. The van der Waals surface area contributed by atoms with Crippen molar-refractivity contribution in [1.29, 1.82) is 0 Å². The Morgan fingerprint density at radius 2 is 2.18 bits per heavy atom. The summed E-state index contributed by atoms with van der Waals surface area (Å²) in [5.74, 6) is 0.267. The van der Waals surface area contributed by atoms with E-state index >= 15 is 0 Å². The number of rotatable bonds is 7. The highest BCUT2D eigenvalue weighted by Gasteiger charge is 2.01. The van der Waals surface area contributed by atoms with Crippen molar-refractivity contribution in [2.45, 2.75) is 32.7 Å². The van der Waals surface area contributed by atoms with E-state index in [9.17, 15) is 4.39 Å². The lowest BCUT2D eigenvalue weighted by atomic mass is 10.2. The van der Waals surface area contributed by atoms with Crippen molar-refractivity contribution in [1.82, 2.24) is 5.32 Å². The average molecular weight is 304 g/mol. The first-order chi connectivity index (χ1) is 8.11. The Hall–Kier alpha value is -0.610. The summed E-state index contributed by atoms with van der Waals surface area (Å²) in [6.45, 7) is 5.64. The van der Waals surface area contributed by atoms with Crippen LogP contribution in [0, 0.1) is 5.82 Å². The van der Waals surface area contributed by atoms with Gasteiger partial charge in [0.1, 0.15) is 18.2 Å². The number of hydrogen-bond acceptors (Lipinski definition) is 2. The fourth-order valence-electron chi connectivity index (χ4n) is 1.62. The summed E-state index contributed by atoms with van der Waals surface area (Å²) >= 11 is 3.23. The van der Waals surface area contributed by atoms with Gasteiger partial charge in [-0.15, -0.1) is 0 Å². The molecule has 0 aromatic heterocycles. The zero-order chi connectivity index (χ0) is 12.7. The maximum Gasteiger partial charge on any atom is 0.128 e. The highest BCUT2D eigenvalue weighted by atomic mass is 79.9. The van der Waals surface area contributed by atoms with Gasteiger partial charge in [-0.3, -0.25) is 0 Å². The van der Waals surface area contributed by atoms with E-state index in [4.69, 9.17) is 4.74 Å². The average Bonchev–Trinajstić information content (AvgIpc) is 2.23. The standard InChI is InChI=1S/C13H19BrFNO/c1-3-4-10(2)16-5-6-17-13-8-11(14)7-12(15)9-13/h7-10,16H,3-6H2,1-2H3. The molecule has 0 heterocycles. The van der Waals surface area contributed by atoms with Crippen LogP contribution in [0.5, 0.6) is 5.75 Å². The van der Waals surface area contributed by atoms with E-state index in [2.05, 4.69) is 35.1 Å². The SMILES string of the molecule is CCCC(C)NCCOc1cc(F)cc(Br)c1. The lowest BCUT2D eigenvalue weighted by Crippen LogP contribution is -2.29. The molecule has 96 valence electrons. The molecule has 1 unspecified atom stereocenters. The van der Waals surface area contributed by atoms with Crippen molar-refractivity contribution in [2.24, 2.45) is 0 Å². The van der Waals surface area contributed by atoms with Crippen LogP contribution >= 0.6 is 15.9 Å². The first-order valence-electron chi connectivity index (χ1n) is 5.94. The normalized spacial score (nSPS) is 12.5. The minimum atomic E-state index is -0.290. The number of hydrogen-bond donors (Lipinski definition) is 1. The van der Waals surface area contributed by atoms with E-state index in [1.807, 2.05) is 0 Å². The molecule has 1 rings (SSSR count). The predicted octanol–water partition coefficient (Wildman–Crippen LogP) is 3.75. The van der Waals surface area contributed by atoms with Crippen LogP contribution in [0.2, 0.25) is 0 Å². The molecule has 1 aromatic carbocycles. The maximum atomic E-state index is 13.0. The summed E-state index contributed by atoms with van der Waals surface area (Å²) in [5.41, 5.74) is 0. The molecular formula is C13H19BrFNO. The molecule has 1 N–H and O–H groups in total. The van der Waals surface area contributed by atoms with Crippen molar-refractivity contribution >= 4 is 15.9 Å². The Kier molecular flexibility index (Phi) is 6.52. The predicted molar refractivity (Wildman–Crippen MR) is 72.0 cm³/mol. The number of benzene rings is 1. The molecule has 4 heteroatoms. The van der Waals surface area contributed by atoms with Gasteiger partial charge in [-0.25, -0.2) is 4.39 Å². The van der Waals surface area contributed by atoms with Gasteiger partial charge in [0.15, 0.2) is 0 Å². The first-order valence-corrected chi connectivity index (χ1v) is 6.73.